The van der Waals surface area contributed by atoms with Crippen molar-refractivity contribution in [3.8, 4) is 0 Å². The molecule has 1 amide bonds. The van der Waals surface area contributed by atoms with Crippen LogP contribution in [0.15, 0.2) is 29.2 Å². The Balaban J connectivity index is 2.10. The molecule has 140 valence electrons. The van der Waals surface area contributed by atoms with Crippen LogP contribution in [0.3, 0.4) is 0 Å². The maximum atomic E-state index is 12.2. The maximum Gasteiger partial charge on any atom is 0.320 e. The molecular formula is C15H15Cl2N3O5S. The molecule has 0 saturated carbocycles. The fourth-order valence-electron chi connectivity index (χ4n) is 1.95. The minimum absolute atomic E-state index is 0.0730. The van der Waals surface area contributed by atoms with Crippen LogP contribution in [0.2, 0.25) is 10.0 Å². The van der Waals surface area contributed by atoms with E-state index in [1.807, 2.05) is 0 Å². The Hall–Kier alpha value is -2.07. The number of anilines is 1. The van der Waals surface area contributed by atoms with Gasteiger partial charge in [0.25, 0.3) is 5.91 Å². The average molecular weight is 420 g/mol. The number of esters is 1. The van der Waals surface area contributed by atoms with Gasteiger partial charge in [0, 0.05) is 11.4 Å². The van der Waals surface area contributed by atoms with Crippen LogP contribution >= 0.6 is 23.2 Å². The van der Waals surface area contributed by atoms with E-state index in [0.29, 0.717) is 11.4 Å². The third kappa shape index (κ3) is 4.55. The van der Waals surface area contributed by atoms with Crippen molar-refractivity contribution >= 4 is 50.8 Å². The summed E-state index contributed by atoms with van der Waals surface area (Å²) in [5, 5.41) is 2.94. The first-order chi connectivity index (χ1) is 12.2. The topological polar surface area (TPSA) is 117 Å². The van der Waals surface area contributed by atoms with Gasteiger partial charge in [-0.1, -0.05) is 23.2 Å². The highest BCUT2D eigenvalue weighted by atomic mass is 35.5. The molecule has 0 aliphatic heterocycles. The first-order valence-corrected chi connectivity index (χ1v) is 9.41. The van der Waals surface area contributed by atoms with Gasteiger partial charge in [-0.3, -0.25) is 9.59 Å². The van der Waals surface area contributed by atoms with Crippen LogP contribution in [-0.4, -0.2) is 38.9 Å². The number of aryl methyl sites for hydroxylation is 1. The van der Waals surface area contributed by atoms with E-state index < -0.39 is 28.4 Å². The lowest BCUT2D eigenvalue weighted by molar-refractivity contribution is -0.139. The van der Waals surface area contributed by atoms with Crippen molar-refractivity contribution in [1.82, 2.24) is 9.71 Å². The number of halogens is 2. The monoisotopic (exact) mass is 419 g/mol. The van der Waals surface area contributed by atoms with Crippen molar-refractivity contribution in [3.63, 3.8) is 0 Å². The minimum Gasteiger partial charge on any atom is -0.468 e. The van der Waals surface area contributed by atoms with Crippen LogP contribution in [0, 0.1) is 6.92 Å². The molecule has 0 aliphatic carbocycles. The minimum atomic E-state index is -3.88. The fraction of sp³-hybridized carbons (Fsp3) is 0.200. The van der Waals surface area contributed by atoms with Gasteiger partial charge in [0.1, 0.15) is 12.2 Å². The van der Waals surface area contributed by atoms with Crippen LogP contribution in [0.1, 0.15) is 16.2 Å². The van der Waals surface area contributed by atoms with Crippen LogP contribution in [0.5, 0.6) is 0 Å². The molecule has 1 heterocycles. The summed E-state index contributed by atoms with van der Waals surface area (Å²) >= 11 is 11.9. The number of methoxy groups -OCH3 is 1. The van der Waals surface area contributed by atoms with Gasteiger partial charge < -0.3 is 15.0 Å². The number of hydrogen-bond donors (Lipinski definition) is 3. The van der Waals surface area contributed by atoms with Crippen LogP contribution in [0.4, 0.5) is 5.69 Å². The smallest absolute Gasteiger partial charge is 0.320 e. The van der Waals surface area contributed by atoms with E-state index in [0.717, 1.165) is 7.11 Å². The van der Waals surface area contributed by atoms with Gasteiger partial charge in [-0.2, -0.15) is 4.72 Å². The summed E-state index contributed by atoms with van der Waals surface area (Å²) in [5.74, 6) is -1.24. The summed E-state index contributed by atoms with van der Waals surface area (Å²) < 4.78 is 30.6. The molecule has 26 heavy (non-hydrogen) atoms. The highest BCUT2D eigenvalue weighted by Gasteiger charge is 2.19. The molecule has 3 N–H and O–H groups in total. The third-order valence-corrected chi connectivity index (χ3v) is 5.70. The molecule has 2 aromatic rings. The van der Waals surface area contributed by atoms with Crippen LogP contribution < -0.4 is 10.0 Å². The molecule has 2 rings (SSSR count). The number of ether oxygens (including phenoxy) is 1. The molecule has 11 heteroatoms. The number of aromatic nitrogens is 1. The fourth-order valence-corrected chi connectivity index (χ4v) is 3.33. The summed E-state index contributed by atoms with van der Waals surface area (Å²) in [4.78, 5) is 26.0. The number of carbonyl (C=O) groups excluding carboxylic acids is 2. The average Bonchev–Trinajstić information content (AvgIpc) is 2.87. The normalized spacial score (nSPS) is 11.2. The summed E-state index contributed by atoms with van der Waals surface area (Å²) in [6.45, 7) is 1.19. The lowest BCUT2D eigenvalue weighted by Gasteiger charge is -2.08. The lowest BCUT2D eigenvalue weighted by atomic mass is 10.3. The zero-order valence-corrected chi connectivity index (χ0v) is 16.1. The molecule has 0 radical (unpaired) electrons. The Morgan fingerprint density at radius 2 is 1.77 bits per heavy atom. The van der Waals surface area contributed by atoms with Gasteiger partial charge in [0.15, 0.2) is 0 Å². The molecule has 8 nitrogen and oxygen atoms in total. The Morgan fingerprint density at radius 3 is 2.27 bits per heavy atom. The summed E-state index contributed by atoms with van der Waals surface area (Å²) in [7, 11) is -2.73. The van der Waals surface area contributed by atoms with E-state index in [-0.39, 0.29) is 20.6 Å². The predicted octanol–water partition coefficient (Wildman–Crippen LogP) is 2.33. The zero-order valence-electron chi connectivity index (χ0n) is 13.7. The van der Waals surface area contributed by atoms with Crippen LogP contribution in [-0.2, 0) is 19.6 Å². The van der Waals surface area contributed by atoms with Crippen molar-refractivity contribution < 1.29 is 22.7 Å². The number of benzene rings is 1. The number of H-pyrrole nitrogens is 1. The maximum absolute atomic E-state index is 12.2. The number of nitrogens with one attached hydrogen (secondary N) is 3. The van der Waals surface area contributed by atoms with Gasteiger partial charge >= 0.3 is 5.97 Å². The van der Waals surface area contributed by atoms with Crippen molar-refractivity contribution in [2.24, 2.45) is 0 Å². The first kappa shape index (κ1) is 20.2. The number of aromatic amines is 1. The lowest BCUT2D eigenvalue weighted by Crippen LogP contribution is -2.30. The Labute approximate surface area is 159 Å². The molecule has 0 fully saturated rings. The molecule has 0 atom stereocenters. The first-order valence-electron chi connectivity index (χ1n) is 7.17. The molecule has 0 aliphatic rings. The number of amides is 1. The quantitative estimate of drug-likeness (QED) is 0.620. The van der Waals surface area contributed by atoms with Crippen molar-refractivity contribution in [1.29, 1.82) is 0 Å². The summed E-state index contributed by atoms with van der Waals surface area (Å²) in [5.41, 5.74) is 1.01. The second-order valence-electron chi connectivity index (χ2n) is 5.13. The van der Waals surface area contributed by atoms with E-state index in [2.05, 4.69) is 19.8 Å². The predicted molar refractivity (Wildman–Crippen MR) is 97.1 cm³/mol. The second kappa shape index (κ2) is 8.09. The molecule has 0 unspecified atom stereocenters. The number of rotatable bonds is 6. The molecular weight excluding hydrogens is 405 g/mol. The van der Waals surface area contributed by atoms with Gasteiger partial charge in [0.05, 0.1) is 22.1 Å². The number of sulfonamides is 1. The second-order valence-corrected chi connectivity index (χ2v) is 7.66. The molecule has 1 aromatic carbocycles. The van der Waals surface area contributed by atoms with Crippen molar-refractivity contribution in [2.75, 3.05) is 19.0 Å². The third-order valence-electron chi connectivity index (χ3n) is 3.34. The van der Waals surface area contributed by atoms with Crippen molar-refractivity contribution in [2.45, 2.75) is 11.8 Å². The largest absolute Gasteiger partial charge is 0.468 e. The van der Waals surface area contributed by atoms with E-state index in [4.69, 9.17) is 23.2 Å². The molecule has 0 saturated heterocycles. The SMILES string of the molecule is COC(=O)CNS(=O)(=O)c1ccc(NC(=O)c2[nH]c(C)c(Cl)c2Cl)cc1. The summed E-state index contributed by atoms with van der Waals surface area (Å²) in [6.07, 6.45) is 0. The Kier molecular flexibility index (Phi) is 6.30. The van der Waals surface area contributed by atoms with Gasteiger partial charge in [-0.15, -0.1) is 0 Å². The van der Waals surface area contributed by atoms with Gasteiger partial charge in [-0.25, -0.2) is 8.42 Å². The number of hydrogen-bond acceptors (Lipinski definition) is 5. The van der Waals surface area contributed by atoms with E-state index >= 15 is 0 Å². The van der Waals surface area contributed by atoms with Crippen molar-refractivity contribution in [3.05, 3.63) is 45.7 Å². The van der Waals surface area contributed by atoms with E-state index in [1.54, 1.807) is 6.92 Å². The standard InChI is InChI=1S/C15H15Cl2N3O5S/c1-8-12(16)13(17)14(19-8)15(22)20-9-3-5-10(6-4-9)26(23,24)18-7-11(21)25-2/h3-6,18-19H,7H2,1-2H3,(H,20,22). The highest BCUT2D eigenvalue weighted by molar-refractivity contribution is 7.89. The van der Waals surface area contributed by atoms with E-state index in [9.17, 15) is 18.0 Å². The molecule has 0 spiro atoms. The van der Waals surface area contributed by atoms with Gasteiger partial charge in [-0.05, 0) is 31.2 Å². The summed E-state index contributed by atoms with van der Waals surface area (Å²) in [6, 6.07) is 5.36. The zero-order chi connectivity index (χ0) is 19.5. The van der Waals surface area contributed by atoms with E-state index in [1.165, 1.54) is 24.3 Å². The molecule has 1 aromatic heterocycles. The molecule has 0 bridgehead atoms. The van der Waals surface area contributed by atoms with Gasteiger partial charge in [0.2, 0.25) is 10.0 Å². The Morgan fingerprint density at radius 1 is 1.15 bits per heavy atom. The van der Waals surface area contributed by atoms with Crippen LogP contribution in [0.25, 0.3) is 0 Å². The highest BCUT2D eigenvalue weighted by Crippen LogP contribution is 2.29. The Bertz CT molecular complexity index is 939. The number of carbonyl (C=O) groups is 2.